The van der Waals surface area contributed by atoms with Crippen molar-refractivity contribution in [1.82, 2.24) is 9.99 Å². The molecule has 0 saturated heterocycles. The van der Waals surface area contributed by atoms with Crippen LogP contribution in [-0.4, -0.2) is 55.3 Å². The lowest BCUT2D eigenvalue weighted by molar-refractivity contribution is 0.0694. The van der Waals surface area contributed by atoms with Gasteiger partial charge >= 0.3 is 12.1 Å². The zero-order chi connectivity index (χ0) is 21.6. The summed E-state index contributed by atoms with van der Waals surface area (Å²) in [6.07, 6.45) is -0.344. The lowest BCUT2D eigenvalue weighted by atomic mass is 10.1. The third kappa shape index (κ3) is 5.72. The molecule has 0 aliphatic heterocycles. The minimum Gasteiger partial charge on any atom is -0.477 e. The maximum absolute atomic E-state index is 12.6. The molecule has 1 amide bonds. The van der Waals surface area contributed by atoms with E-state index in [2.05, 4.69) is 17.2 Å². The summed E-state index contributed by atoms with van der Waals surface area (Å²) in [5.41, 5.74) is 0.0876. The van der Waals surface area contributed by atoms with Crippen LogP contribution >= 0.6 is 0 Å². The number of carboxylic acid groups (broad SMARTS) is 1. The van der Waals surface area contributed by atoms with E-state index in [0.29, 0.717) is 11.1 Å². The number of carbonyl (C=O) groups is 2. The average Bonchev–Trinajstić information content (AvgIpc) is 2.65. The van der Waals surface area contributed by atoms with E-state index in [1.807, 2.05) is 0 Å². The highest BCUT2D eigenvalue weighted by molar-refractivity contribution is 5.93. The Morgan fingerprint density at radius 2 is 2.10 bits per heavy atom. The van der Waals surface area contributed by atoms with Gasteiger partial charge in [0.2, 0.25) is 5.43 Å². The molecule has 0 aliphatic carbocycles. The van der Waals surface area contributed by atoms with E-state index in [1.165, 1.54) is 19.2 Å². The van der Waals surface area contributed by atoms with Crippen LogP contribution in [0.15, 0.2) is 29.2 Å². The SMILES string of the molecule is CC(F)CCOC(=O)NCC#Cc1ccc2c(c1)c(=O)c(C(=O)O)cn2N(C)C. The van der Waals surface area contributed by atoms with E-state index in [-0.39, 0.29) is 30.5 Å². The Hall–Kier alpha value is -3.54. The third-order valence-corrected chi connectivity index (χ3v) is 3.95. The van der Waals surface area contributed by atoms with Crippen LogP contribution in [-0.2, 0) is 4.74 Å². The molecule has 29 heavy (non-hydrogen) atoms. The average molecular weight is 403 g/mol. The van der Waals surface area contributed by atoms with Gasteiger partial charge in [-0.3, -0.25) is 9.47 Å². The summed E-state index contributed by atoms with van der Waals surface area (Å²) in [5.74, 6) is 4.21. The molecule has 1 unspecified atom stereocenters. The van der Waals surface area contributed by atoms with Crippen LogP contribution in [0.4, 0.5) is 9.18 Å². The van der Waals surface area contributed by atoms with Gasteiger partial charge in [0, 0.05) is 37.7 Å². The van der Waals surface area contributed by atoms with Gasteiger partial charge in [0.1, 0.15) is 11.7 Å². The highest BCUT2D eigenvalue weighted by Crippen LogP contribution is 2.14. The Bertz CT molecular complexity index is 1030. The first-order valence-corrected chi connectivity index (χ1v) is 8.84. The number of alkyl carbamates (subject to hydrolysis) is 1. The number of nitrogens with one attached hydrogen (secondary N) is 1. The standard InChI is InChI=1S/C20H22FN3O5/c1-13(21)8-10-29-20(28)22-9-4-5-14-6-7-17-15(11-14)18(25)16(19(26)27)12-24(17)23(2)3/h6-7,11-13H,8-10H2,1-3H3,(H,22,28)(H,26,27). The second-order valence-corrected chi connectivity index (χ2v) is 6.46. The lowest BCUT2D eigenvalue weighted by Gasteiger charge is -2.20. The summed E-state index contributed by atoms with van der Waals surface area (Å²) in [5, 5.41) is 13.6. The second kappa shape index (κ2) is 9.59. The van der Waals surface area contributed by atoms with Gasteiger partial charge < -0.3 is 20.2 Å². The van der Waals surface area contributed by atoms with Crippen molar-refractivity contribution in [2.45, 2.75) is 19.5 Å². The summed E-state index contributed by atoms with van der Waals surface area (Å²) in [4.78, 5) is 35.3. The van der Waals surface area contributed by atoms with Crippen LogP contribution in [0.1, 0.15) is 29.3 Å². The molecule has 154 valence electrons. The highest BCUT2D eigenvalue weighted by Gasteiger charge is 2.15. The number of fused-ring (bicyclic) bond motifs is 1. The van der Waals surface area contributed by atoms with Crippen molar-refractivity contribution in [3.05, 3.63) is 45.7 Å². The lowest BCUT2D eigenvalue weighted by Crippen LogP contribution is -2.29. The van der Waals surface area contributed by atoms with Gasteiger partial charge in [-0.15, -0.1) is 0 Å². The van der Waals surface area contributed by atoms with Crippen LogP contribution in [0.3, 0.4) is 0 Å². The van der Waals surface area contributed by atoms with Gasteiger partial charge in [0.05, 0.1) is 18.7 Å². The van der Waals surface area contributed by atoms with Gasteiger partial charge in [0.25, 0.3) is 0 Å². The number of halogens is 1. The molecule has 0 saturated carbocycles. The number of aromatic carboxylic acids is 1. The van der Waals surface area contributed by atoms with Crippen molar-refractivity contribution < 1.29 is 23.8 Å². The summed E-state index contributed by atoms with van der Waals surface area (Å²) in [6.45, 7) is 1.36. The quantitative estimate of drug-likeness (QED) is 0.713. The molecule has 0 fully saturated rings. The number of hydrogen-bond donors (Lipinski definition) is 2. The fraction of sp³-hybridized carbons (Fsp3) is 0.350. The molecule has 1 aromatic heterocycles. The smallest absolute Gasteiger partial charge is 0.407 e. The van der Waals surface area contributed by atoms with Crippen molar-refractivity contribution in [1.29, 1.82) is 0 Å². The second-order valence-electron chi connectivity index (χ2n) is 6.46. The van der Waals surface area contributed by atoms with Crippen molar-refractivity contribution >= 4 is 23.0 Å². The largest absolute Gasteiger partial charge is 0.477 e. The van der Waals surface area contributed by atoms with Crippen LogP contribution < -0.4 is 15.8 Å². The molecule has 2 rings (SSSR count). The maximum atomic E-state index is 12.6. The number of hydrogen-bond acceptors (Lipinski definition) is 5. The van der Waals surface area contributed by atoms with Crippen molar-refractivity contribution in [2.75, 3.05) is 32.3 Å². The van der Waals surface area contributed by atoms with Gasteiger partial charge in [-0.1, -0.05) is 11.8 Å². The fourth-order valence-corrected chi connectivity index (χ4v) is 2.50. The first kappa shape index (κ1) is 21.8. The van der Waals surface area contributed by atoms with Crippen molar-refractivity contribution in [3.63, 3.8) is 0 Å². The monoisotopic (exact) mass is 403 g/mol. The molecule has 8 nitrogen and oxygen atoms in total. The van der Waals surface area contributed by atoms with Crippen molar-refractivity contribution in [3.8, 4) is 11.8 Å². The zero-order valence-electron chi connectivity index (χ0n) is 16.4. The van der Waals surface area contributed by atoms with Crippen LogP contribution in [0, 0.1) is 11.8 Å². The molecule has 0 bridgehead atoms. The number of rotatable bonds is 6. The fourth-order valence-electron chi connectivity index (χ4n) is 2.50. The maximum Gasteiger partial charge on any atom is 0.407 e. The Morgan fingerprint density at radius 1 is 1.38 bits per heavy atom. The van der Waals surface area contributed by atoms with E-state index < -0.39 is 23.7 Å². The molecule has 0 radical (unpaired) electrons. The Balaban J connectivity index is 2.19. The number of amides is 1. The van der Waals surface area contributed by atoms with Gasteiger partial charge in [-0.25, -0.2) is 14.0 Å². The predicted molar refractivity (Wildman–Crippen MR) is 107 cm³/mol. The van der Waals surface area contributed by atoms with E-state index in [9.17, 15) is 23.9 Å². The molecular formula is C20H22FN3O5. The first-order chi connectivity index (χ1) is 13.7. The number of carboxylic acids is 1. The molecule has 2 aromatic rings. The summed E-state index contributed by atoms with van der Waals surface area (Å²) < 4.78 is 19.0. The molecule has 0 aliphatic rings. The van der Waals surface area contributed by atoms with Gasteiger partial charge in [-0.05, 0) is 25.1 Å². The number of carbonyl (C=O) groups excluding carboxylic acids is 1. The number of pyridine rings is 1. The van der Waals surface area contributed by atoms with E-state index in [1.54, 1.807) is 35.9 Å². The number of alkyl halides is 1. The van der Waals surface area contributed by atoms with E-state index in [0.717, 1.165) is 0 Å². The highest BCUT2D eigenvalue weighted by atomic mass is 19.1. The van der Waals surface area contributed by atoms with Crippen LogP contribution in [0.5, 0.6) is 0 Å². The first-order valence-electron chi connectivity index (χ1n) is 8.84. The topological polar surface area (TPSA) is 101 Å². The summed E-state index contributed by atoms with van der Waals surface area (Å²) in [7, 11) is 3.45. The third-order valence-electron chi connectivity index (χ3n) is 3.95. The minimum absolute atomic E-state index is 0.000849. The van der Waals surface area contributed by atoms with Crippen LogP contribution in [0.25, 0.3) is 10.9 Å². The molecule has 0 spiro atoms. The Morgan fingerprint density at radius 3 is 2.72 bits per heavy atom. The van der Waals surface area contributed by atoms with Crippen LogP contribution in [0.2, 0.25) is 0 Å². The van der Waals surface area contributed by atoms with Gasteiger partial charge in [-0.2, -0.15) is 0 Å². The normalized spacial score (nSPS) is 11.3. The number of ether oxygens (including phenoxy) is 1. The zero-order valence-corrected chi connectivity index (χ0v) is 16.4. The molecule has 1 atom stereocenters. The Kier molecular flexibility index (Phi) is 7.20. The van der Waals surface area contributed by atoms with E-state index in [4.69, 9.17) is 4.74 Å². The number of benzene rings is 1. The molecule has 1 aromatic carbocycles. The van der Waals surface area contributed by atoms with E-state index >= 15 is 0 Å². The summed E-state index contributed by atoms with van der Waals surface area (Å²) in [6, 6.07) is 4.88. The predicted octanol–water partition coefficient (Wildman–Crippen LogP) is 1.72. The molecule has 2 N–H and O–H groups in total. The minimum atomic E-state index is -1.31. The summed E-state index contributed by atoms with van der Waals surface area (Å²) >= 11 is 0. The van der Waals surface area contributed by atoms with Gasteiger partial charge in [0.15, 0.2) is 0 Å². The number of aromatic nitrogens is 1. The molecule has 9 heteroatoms. The molecular weight excluding hydrogens is 381 g/mol. The number of nitrogens with zero attached hydrogens (tertiary/aromatic N) is 2. The van der Waals surface area contributed by atoms with Crippen molar-refractivity contribution in [2.24, 2.45) is 0 Å². The molecule has 1 heterocycles. The Labute approximate surface area is 166 Å².